The molecule has 2 unspecified atom stereocenters. The number of aliphatic hydroxyl groups is 1. The molecule has 6 nitrogen and oxygen atoms in total. The number of rotatable bonds is 6. The maximum absolute atomic E-state index is 12.9. The van der Waals surface area contributed by atoms with Crippen LogP contribution < -0.4 is 0 Å². The summed E-state index contributed by atoms with van der Waals surface area (Å²) >= 11 is 0. The number of hydrogen-bond donors (Lipinski definition) is 1. The van der Waals surface area contributed by atoms with E-state index in [9.17, 15) is 18.3 Å². The smallest absolute Gasteiger partial charge is 0.310 e. The number of esters is 1. The van der Waals surface area contributed by atoms with Crippen molar-refractivity contribution in [2.24, 2.45) is 5.92 Å². The Bertz CT molecular complexity index is 458. The first-order chi connectivity index (χ1) is 10.0. The average Bonchev–Trinajstić information content (AvgIpc) is 3.14. The second kappa shape index (κ2) is 7.07. The van der Waals surface area contributed by atoms with Crippen molar-refractivity contribution < 1.29 is 23.1 Å². The topological polar surface area (TPSA) is 83.9 Å². The molecule has 0 aromatic heterocycles. The van der Waals surface area contributed by atoms with Crippen LogP contribution in [0.5, 0.6) is 0 Å². The summed E-state index contributed by atoms with van der Waals surface area (Å²) in [7, 11) is -2.28. The number of sulfonamides is 1. The van der Waals surface area contributed by atoms with Gasteiger partial charge in [0.2, 0.25) is 10.0 Å². The number of ether oxygens (including phenoxy) is 1. The Morgan fingerprint density at radius 1 is 1.19 bits per heavy atom. The molecule has 0 bridgehead atoms. The minimum atomic E-state index is -3.58. The fraction of sp³-hybridized carbons (Fsp3) is 0.929. The molecule has 7 heteroatoms. The molecular weight excluding hydrogens is 294 g/mol. The molecule has 0 saturated heterocycles. The molecule has 2 atom stereocenters. The Kier molecular flexibility index (Phi) is 5.62. The SMILES string of the molecule is COC(=O)C1CCCC1S(=O)(=O)N(CCO)C1CCCC1. The molecule has 0 spiro atoms. The van der Waals surface area contributed by atoms with Gasteiger partial charge in [-0.15, -0.1) is 0 Å². The van der Waals surface area contributed by atoms with Crippen LogP contribution in [0.2, 0.25) is 0 Å². The summed E-state index contributed by atoms with van der Waals surface area (Å²) in [6, 6.07) is -0.0268. The van der Waals surface area contributed by atoms with Gasteiger partial charge in [0.25, 0.3) is 0 Å². The standard InChI is InChI=1S/C14H25NO5S/c1-20-14(17)12-7-4-8-13(12)21(18,19)15(9-10-16)11-5-2-3-6-11/h11-13,16H,2-10H2,1H3. The van der Waals surface area contributed by atoms with Crippen molar-refractivity contribution in [1.29, 1.82) is 0 Å². The Labute approximate surface area is 126 Å². The van der Waals surface area contributed by atoms with E-state index in [1.807, 2.05) is 0 Å². The first-order valence-corrected chi connectivity index (χ1v) is 9.22. The maximum atomic E-state index is 12.9. The number of nitrogens with zero attached hydrogens (tertiary/aromatic N) is 1. The lowest BCUT2D eigenvalue weighted by atomic mass is 10.1. The van der Waals surface area contributed by atoms with E-state index in [0.29, 0.717) is 12.8 Å². The molecular formula is C14H25NO5S. The van der Waals surface area contributed by atoms with Crippen LogP contribution in [-0.2, 0) is 19.6 Å². The molecule has 0 radical (unpaired) electrons. The Hall–Kier alpha value is -0.660. The first-order valence-electron chi connectivity index (χ1n) is 7.71. The van der Waals surface area contributed by atoms with E-state index >= 15 is 0 Å². The molecule has 0 amide bonds. The van der Waals surface area contributed by atoms with Crippen molar-refractivity contribution in [3.8, 4) is 0 Å². The highest BCUT2D eigenvalue weighted by atomic mass is 32.2. The number of methoxy groups -OCH3 is 1. The zero-order chi connectivity index (χ0) is 15.5. The molecule has 2 rings (SSSR count). The molecule has 2 saturated carbocycles. The van der Waals surface area contributed by atoms with Crippen LogP contribution in [0, 0.1) is 5.92 Å². The van der Waals surface area contributed by atoms with Crippen molar-refractivity contribution >= 4 is 16.0 Å². The van der Waals surface area contributed by atoms with E-state index in [4.69, 9.17) is 4.74 Å². The van der Waals surface area contributed by atoms with E-state index in [-0.39, 0.29) is 19.2 Å². The highest BCUT2D eigenvalue weighted by Gasteiger charge is 2.46. The number of carbonyl (C=O) groups is 1. The monoisotopic (exact) mass is 319 g/mol. The Morgan fingerprint density at radius 3 is 2.43 bits per heavy atom. The fourth-order valence-electron chi connectivity index (χ4n) is 3.69. The first kappa shape index (κ1) is 16.7. The van der Waals surface area contributed by atoms with Crippen LogP contribution in [0.4, 0.5) is 0 Å². The summed E-state index contributed by atoms with van der Waals surface area (Å²) in [5.74, 6) is -1.00. The summed E-state index contributed by atoms with van der Waals surface area (Å²) < 4.78 is 32.1. The molecule has 2 aliphatic rings. The maximum Gasteiger partial charge on any atom is 0.310 e. The molecule has 0 aromatic carbocycles. The minimum Gasteiger partial charge on any atom is -0.469 e. The number of carbonyl (C=O) groups excluding carboxylic acids is 1. The van der Waals surface area contributed by atoms with Gasteiger partial charge in [0, 0.05) is 12.6 Å². The van der Waals surface area contributed by atoms with Gasteiger partial charge in [-0.2, -0.15) is 4.31 Å². The molecule has 122 valence electrons. The van der Waals surface area contributed by atoms with Gasteiger partial charge in [0.05, 0.1) is 24.9 Å². The predicted molar refractivity (Wildman–Crippen MR) is 78.1 cm³/mol. The normalized spacial score (nSPS) is 27.4. The molecule has 0 aromatic rings. The zero-order valence-electron chi connectivity index (χ0n) is 12.5. The van der Waals surface area contributed by atoms with Crippen LogP contribution in [0.3, 0.4) is 0 Å². The third kappa shape index (κ3) is 3.40. The highest BCUT2D eigenvalue weighted by molar-refractivity contribution is 7.89. The van der Waals surface area contributed by atoms with E-state index in [1.54, 1.807) is 0 Å². The lowest BCUT2D eigenvalue weighted by molar-refractivity contribution is -0.145. The number of aliphatic hydroxyl groups excluding tert-OH is 1. The average molecular weight is 319 g/mol. The number of hydrogen-bond acceptors (Lipinski definition) is 5. The van der Waals surface area contributed by atoms with Gasteiger partial charge in [-0.3, -0.25) is 4.79 Å². The molecule has 21 heavy (non-hydrogen) atoms. The molecule has 1 N–H and O–H groups in total. The van der Waals surface area contributed by atoms with Gasteiger partial charge in [-0.05, 0) is 25.7 Å². The van der Waals surface area contributed by atoms with Crippen molar-refractivity contribution in [1.82, 2.24) is 4.31 Å². The van der Waals surface area contributed by atoms with Crippen LogP contribution in [0.1, 0.15) is 44.9 Å². The van der Waals surface area contributed by atoms with E-state index in [1.165, 1.54) is 11.4 Å². The van der Waals surface area contributed by atoms with Gasteiger partial charge in [-0.25, -0.2) is 8.42 Å². The van der Waals surface area contributed by atoms with Gasteiger partial charge < -0.3 is 9.84 Å². The minimum absolute atomic E-state index is 0.0268. The summed E-state index contributed by atoms with van der Waals surface area (Å²) in [5, 5.41) is 8.53. The lowest BCUT2D eigenvalue weighted by Gasteiger charge is -2.31. The van der Waals surface area contributed by atoms with Crippen LogP contribution in [-0.4, -0.2) is 55.4 Å². The van der Waals surface area contributed by atoms with Gasteiger partial charge >= 0.3 is 5.97 Å². The van der Waals surface area contributed by atoms with Crippen molar-refractivity contribution in [2.75, 3.05) is 20.3 Å². The van der Waals surface area contributed by atoms with E-state index in [0.717, 1.165) is 32.1 Å². The third-order valence-electron chi connectivity index (χ3n) is 4.72. The summed E-state index contributed by atoms with van der Waals surface area (Å²) in [5.41, 5.74) is 0. The fourth-order valence-corrected chi connectivity index (χ4v) is 6.12. The molecule has 0 aliphatic heterocycles. The third-order valence-corrected chi connectivity index (χ3v) is 7.18. The van der Waals surface area contributed by atoms with E-state index < -0.39 is 27.2 Å². The largest absolute Gasteiger partial charge is 0.469 e. The molecule has 0 heterocycles. The summed E-state index contributed by atoms with van der Waals surface area (Å²) in [4.78, 5) is 11.8. The van der Waals surface area contributed by atoms with Crippen LogP contribution >= 0.6 is 0 Å². The predicted octanol–water partition coefficient (Wildman–Crippen LogP) is 0.895. The van der Waals surface area contributed by atoms with Crippen molar-refractivity contribution in [2.45, 2.75) is 56.2 Å². The van der Waals surface area contributed by atoms with Gasteiger partial charge in [-0.1, -0.05) is 19.3 Å². The quantitative estimate of drug-likeness (QED) is 0.735. The summed E-state index contributed by atoms with van der Waals surface area (Å²) in [6.07, 6.45) is 5.51. The Morgan fingerprint density at radius 2 is 1.86 bits per heavy atom. The zero-order valence-corrected chi connectivity index (χ0v) is 13.3. The lowest BCUT2D eigenvalue weighted by Crippen LogP contribution is -2.47. The van der Waals surface area contributed by atoms with Crippen molar-refractivity contribution in [3.63, 3.8) is 0 Å². The van der Waals surface area contributed by atoms with Crippen molar-refractivity contribution in [3.05, 3.63) is 0 Å². The van der Waals surface area contributed by atoms with Gasteiger partial charge in [0.1, 0.15) is 0 Å². The Balaban J connectivity index is 2.22. The van der Waals surface area contributed by atoms with Crippen LogP contribution in [0.25, 0.3) is 0 Å². The van der Waals surface area contributed by atoms with Crippen LogP contribution in [0.15, 0.2) is 0 Å². The highest BCUT2D eigenvalue weighted by Crippen LogP contribution is 2.36. The van der Waals surface area contributed by atoms with E-state index in [2.05, 4.69) is 0 Å². The second-order valence-electron chi connectivity index (χ2n) is 5.92. The second-order valence-corrected chi connectivity index (χ2v) is 8.02. The molecule has 2 fully saturated rings. The van der Waals surface area contributed by atoms with Gasteiger partial charge in [0.15, 0.2) is 0 Å². The molecule has 2 aliphatic carbocycles. The summed E-state index contributed by atoms with van der Waals surface area (Å²) in [6.45, 7) is -0.0667.